The molecule has 1 N–H and O–H groups in total. The molecule has 0 bridgehead atoms. The van der Waals surface area contributed by atoms with Crippen LogP contribution in [0.15, 0.2) is 40.0 Å². The number of fused-ring (bicyclic) bond motifs is 1. The zero-order chi connectivity index (χ0) is 20.8. The predicted molar refractivity (Wildman–Crippen MR) is 131 cm³/mol. The Morgan fingerprint density at radius 2 is 2.03 bits per heavy atom. The van der Waals surface area contributed by atoms with Crippen LogP contribution < -0.4 is 5.32 Å². The van der Waals surface area contributed by atoms with Gasteiger partial charge >= 0.3 is 0 Å². The van der Waals surface area contributed by atoms with Gasteiger partial charge in [0, 0.05) is 64.5 Å². The minimum atomic E-state index is 0. The molecule has 1 fully saturated rings. The third-order valence-corrected chi connectivity index (χ3v) is 5.27. The lowest BCUT2D eigenvalue weighted by Gasteiger charge is -2.36. The fraction of sp³-hybridized carbons (Fsp3) is 0.524. The van der Waals surface area contributed by atoms with Gasteiger partial charge in [-0.3, -0.25) is 14.3 Å². The van der Waals surface area contributed by atoms with E-state index in [1.807, 2.05) is 41.8 Å². The van der Waals surface area contributed by atoms with Gasteiger partial charge < -0.3 is 14.7 Å². The molecule has 9 nitrogen and oxygen atoms in total. The summed E-state index contributed by atoms with van der Waals surface area (Å²) in [6.45, 7) is 10.4. The number of piperazine rings is 1. The normalized spacial score (nSPS) is 15.3. The average molecular weight is 538 g/mol. The fourth-order valence-corrected chi connectivity index (χ4v) is 3.75. The van der Waals surface area contributed by atoms with Crippen molar-refractivity contribution in [1.29, 1.82) is 0 Å². The van der Waals surface area contributed by atoms with Crippen LogP contribution in [0.3, 0.4) is 0 Å². The van der Waals surface area contributed by atoms with Gasteiger partial charge in [-0.05, 0) is 32.4 Å². The van der Waals surface area contributed by atoms with E-state index in [0.29, 0.717) is 0 Å². The van der Waals surface area contributed by atoms with Crippen molar-refractivity contribution in [2.45, 2.75) is 33.2 Å². The minimum absolute atomic E-state index is 0. The molecule has 31 heavy (non-hydrogen) atoms. The van der Waals surface area contributed by atoms with Gasteiger partial charge in [0.05, 0.1) is 5.69 Å². The van der Waals surface area contributed by atoms with E-state index in [9.17, 15) is 0 Å². The molecule has 1 aliphatic heterocycles. The number of nitrogens with one attached hydrogen (secondary N) is 1. The molecule has 0 aliphatic carbocycles. The molecule has 0 atom stereocenters. The van der Waals surface area contributed by atoms with Crippen molar-refractivity contribution in [3.05, 3.63) is 47.7 Å². The Bertz CT molecular complexity index is 977. The van der Waals surface area contributed by atoms with Crippen LogP contribution in [0.5, 0.6) is 0 Å². The molecule has 4 heterocycles. The standard InChI is InChI=1S/C21H30N8O.HI/c1-3-22-21(23-9-6-8-20-25-24-19-7-4-5-10-29(19)20)28-13-11-27(12-14-28)16-18-15-17(2)30-26-18;/h4-5,7,10,15H,3,6,8-9,11-14,16H2,1-2H3,(H,22,23);1H. The Hall–Kier alpha value is -2.21. The Balaban J connectivity index is 0.00000272. The summed E-state index contributed by atoms with van der Waals surface area (Å²) in [6, 6.07) is 7.97. The number of aromatic nitrogens is 4. The van der Waals surface area contributed by atoms with Crippen molar-refractivity contribution in [1.82, 2.24) is 34.9 Å². The van der Waals surface area contributed by atoms with Crippen LogP contribution in [0.4, 0.5) is 0 Å². The Labute approximate surface area is 199 Å². The monoisotopic (exact) mass is 538 g/mol. The first kappa shape index (κ1) is 23.5. The molecule has 1 aliphatic rings. The van der Waals surface area contributed by atoms with Crippen molar-refractivity contribution in [2.75, 3.05) is 39.3 Å². The van der Waals surface area contributed by atoms with Gasteiger partial charge in [-0.25, -0.2) is 0 Å². The number of nitrogens with zero attached hydrogens (tertiary/aromatic N) is 7. The second-order valence-corrected chi connectivity index (χ2v) is 7.58. The molecule has 4 rings (SSSR count). The molecule has 3 aromatic rings. The lowest BCUT2D eigenvalue weighted by atomic mass is 10.3. The molecule has 10 heteroatoms. The summed E-state index contributed by atoms with van der Waals surface area (Å²) >= 11 is 0. The maximum atomic E-state index is 5.18. The highest BCUT2D eigenvalue weighted by molar-refractivity contribution is 14.0. The molecule has 1 saturated heterocycles. The Morgan fingerprint density at radius 3 is 2.77 bits per heavy atom. The topological polar surface area (TPSA) is 87.1 Å². The zero-order valence-corrected chi connectivity index (χ0v) is 20.5. The number of halogens is 1. The number of pyridine rings is 1. The lowest BCUT2D eigenvalue weighted by molar-refractivity contribution is 0.169. The van der Waals surface area contributed by atoms with Gasteiger partial charge in [-0.1, -0.05) is 11.2 Å². The summed E-state index contributed by atoms with van der Waals surface area (Å²) in [6.07, 6.45) is 3.81. The molecule has 0 spiro atoms. The van der Waals surface area contributed by atoms with E-state index < -0.39 is 0 Å². The van der Waals surface area contributed by atoms with Crippen molar-refractivity contribution >= 4 is 35.6 Å². The Morgan fingerprint density at radius 1 is 1.19 bits per heavy atom. The number of aliphatic imine (C=N–C) groups is 1. The maximum absolute atomic E-state index is 5.18. The van der Waals surface area contributed by atoms with Crippen molar-refractivity contribution in [3.63, 3.8) is 0 Å². The number of aryl methyl sites for hydroxylation is 2. The van der Waals surface area contributed by atoms with Crippen molar-refractivity contribution in [2.24, 2.45) is 4.99 Å². The maximum Gasteiger partial charge on any atom is 0.194 e. The summed E-state index contributed by atoms with van der Waals surface area (Å²) in [5.74, 6) is 2.85. The third-order valence-electron chi connectivity index (χ3n) is 5.27. The van der Waals surface area contributed by atoms with Crippen LogP contribution in [0.2, 0.25) is 0 Å². The van der Waals surface area contributed by atoms with Crippen molar-refractivity contribution in [3.8, 4) is 0 Å². The largest absolute Gasteiger partial charge is 0.361 e. The zero-order valence-electron chi connectivity index (χ0n) is 18.2. The molecule has 0 saturated carbocycles. The highest BCUT2D eigenvalue weighted by Gasteiger charge is 2.20. The van der Waals surface area contributed by atoms with Crippen LogP contribution in [-0.4, -0.2) is 74.8 Å². The van der Waals surface area contributed by atoms with Gasteiger partial charge in [-0.2, -0.15) is 0 Å². The minimum Gasteiger partial charge on any atom is -0.361 e. The molecule has 168 valence electrons. The number of guanidine groups is 1. The third kappa shape index (κ3) is 6.16. The van der Waals surface area contributed by atoms with E-state index in [4.69, 9.17) is 9.52 Å². The van der Waals surface area contributed by atoms with Gasteiger partial charge in [0.15, 0.2) is 11.6 Å². The SMILES string of the molecule is CCNC(=NCCCc1nnc2ccccn12)N1CCN(Cc2cc(C)on2)CC1.I. The summed E-state index contributed by atoms with van der Waals surface area (Å²) in [5.41, 5.74) is 1.89. The second kappa shape index (κ2) is 11.4. The molecule has 0 amide bonds. The number of hydrogen-bond acceptors (Lipinski definition) is 6. The van der Waals surface area contributed by atoms with E-state index in [2.05, 4.69) is 37.4 Å². The molecular formula is C21H31IN8O. The molecular weight excluding hydrogens is 507 g/mol. The highest BCUT2D eigenvalue weighted by atomic mass is 127. The molecule has 0 unspecified atom stereocenters. The summed E-state index contributed by atoms with van der Waals surface area (Å²) in [4.78, 5) is 9.62. The molecule has 0 aromatic carbocycles. The second-order valence-electron chi connectivity index (χ2n) is 7.58. The molecule has 3 aromatic heterocycles. The quantitative estimate of drug-likeness (QED) is 0.214. The van der Waals surface area contributed by atoms with Gasteiger partial charge in [-0.15, -0.1) is 34.2 Å². The first-order valence-electron chi connectivity index (χ1n) is 10.7. The summed E-state index contributed by atoms with van der Waals surface area (Å²) < 4.78 is 7.22. The number of rotatable bonds is 7. The fourth-order valence-electron chi connectivity index (χ4n) is 3.75. The predicted octanol–water partition coefficient (Wildman–Crippen LogP) is 2.36. The van der Waals surface area contributed by atoms with Crippen LogP contribution in [0.1, 0.15) is 30.6 Å². The smallest absolute Gasteiger partial charge is 0.194 e. The first-order valence-corrected chi connectivity index (χ1v) is 10.7. The van der Waals surface area contributed by atoms with Crippen LogP contribution in [-0.2, 0) is 13.0 Å². The van der Waals surface area contributed by atoms with E-state index in [1.54, 1.807) is 0 Å². The van der Waals surface area contributed by atoms with Gasteiger partial charge in [0.25, 0.3) is 0 Å². The van der Waals surface area contributed by atoms with Gasteiger partial charge in [0.1, 0.15) is 11.6 Å². The van der Waals surface area contributed by atoms with E-state index in [1.165, 1.54) is 0 Å². The average Bonchev–Trinajstić information content (AvgIpc) is 3.37. The Kier molecular flexibility index (Phi) is 8.64. The molecule has 0 radical (unpaired) electrons. The van der Waals surface area contributed by atoms with E-state index >= 15 is 0 Å². The van der Waals surface area contributed by atoms with Crippen LogP contribution in [0, 0.1) is 6.92 Å². The van der Waals surface area contributed by atoms with Crippen LogP contribution >= 0.6 is 24.0 Å². The summed E-state index contributed by atoms with van der Waals surface area (Å²) in [5, 5.41) is 16.1. The van der Waals surface area contributed by atoms with E-state index in [0.717, 1.165) is 87.5 Å². The van der Waals surface area contributed by atoms with Crippen LogP contribution in [0.25, 0.3) is 5.65 Å². The lowest BCUT2D eigenvalue weighted by Crippen LogP contribution is -2.52. The van der Waals surface area contributed by atoms with E-state index in [-0.39, 0.29) is 24.0 Å². The first-order chi connectivity index (χ1) is 14.7. The van der Waals surface area contributed by atoms with Crippen molar-refractivity contribution < 1.29 is 4.52 Å². The number of hydrogen-bond donors (Lipinski definition) is 1. The van der Waals surface area contributed by atoms with Gasteiger partial charge in [0.2, 0.25) is 0 Å². The highest BCUT2D eigenvalue weighted by Crippen LogP contribution is 2.10. The summed E-state index contributed by atoms with van der Waals surface area (Å²) in [7, 11) is 0.